The number of phosphoric ester groups is 1. The molecule has 0 spiro atoms. The van der Waals surface area contributed by atoms with Crippen molar-refractivity contribution in [1.82, 2.24) is 0 Å². The summed E-state index contributed by atoms with van der Waals surface area (Å²) < 4.78 is 33.1. The number of hydrogen-bond donors (Lipinski definition) is 3. The van der Waals surface area contributed by atoms with Crippen molar-refractivity contribution in [2.24, 2.45) is 5.73 Å². The van der Waals surface area contributed by atoms with E-state index in [2.05, 4.69) is 67.0 Å². The minimum Gasteiger partial charge on any atom is -0.480 e. The van der Waals surface area contributed by atoms with Gasteiger partial charge in [-0.25, -0.2) is 4.57 Å². The highest BCUT2D eigenvalue weighted by molar-refractivity contribution is 7.47. The highest BCUT2D eigenvalue weighted by Crippen LogP contribution is 2.43. The standard InChI is InChI=1S/C37H66NO9P/c1-3-5-7-9-11-13-14-15-16-17-18-19-20-21-22-24-26-28-30-44-31-34(32-45-48(42,43)46-33-35(38)37(40)41)47-36(39)29-27-25-23-12-10-8-6-4-2/h5,7,11,13,15-16,18-19,34-35H,3-4,6,8-10,12,14,17,20-33,38H2,1-2H3,(H,40,41)(H,42,43)/b7-5-,13-11-,16-15-,19-18-. The van der Waals surface area contributed by atoms with Gasteiger partial charge in [-0.3, -0.25) is 18.6 Å². The molecule has 0 bridgehead atoms. The SMILES string of the molecule is CC/C=C\C/C=C\C/C=C\C/C=C\CCCCCCCOCC(COP(=O)(O)OCC(N)C(=O)O)OC(=O)CCCCCCCCCC. The van der Waals surface area contributed by atoms with Gasteiger partial charge in [0.25, 0.3) is 0 Å². The number of rotatable bonds is 34. The molecule has 0 fully saturated rings. The molecule has 0 rings (SSSR count). The summed E-state index contributed by atoms with van der Waals surface area (Å²) in [6.07, 6.45) is 36.1. The third kappa shape index (κ3) is 32.5. The van der Waals surface area contributed by atoms with Crippen molar-refractivity contribution in [2.45, 2.75) is 148 Å². The fraction of sp³-hybridized carbons (Fsp3) is 0.730. The number of ether oxygens (including phenoxy) is 2. The van der Waals surface area contributed by atoms with Gasteiger partial charge in [-0.1, -0.05) is 127 Å². The first-order valence-corrected chi connectivity index (χ1v) is 19.7. The fourth-order valence-corrected chi connectivity index (χ4v) is 5.31. The van der Waals surface area contributed by atoms with Crippen LogP contribution < -0.4 is 5.73 Å². The molecule has 0 heterocycles. The van der Waals surface area contributed by atoms with E-state index in [1.54, 1.807) is 0 Å². The Kier molecular flexibility index (Phi) is 32.0. The van der Waals surface area contributed by atoms with Gasteiger partial charge in [0.15, 0.2) is 0 Å². The Balaban J connectivity index is 4.29. The Hall–Kier alpha value is -2.07. The number of carboxylic acid groups (broad SMARTS) is 1. The fourth-order valence-electron chi connectivity index (χ4n) is 4.53. The van der Waals surface area contributed by atoms with Crippen LogP contribution in [0, 0.1) is 0 Å². The predicted octanol–water partition coefficient (Wildman–Crippen LogP) is 9.14. The van der Waals surface area contributed by atoms with E-state index in [9.17, 15) is 19.0 Å². The summed E-state index contributed by atoms with van der Waals surface area (Å²) in [5.41, 5.74) is 5.32. The van der Waals surface area contributed by atoms with Crippen molar-refractivity contribution in [3.8, 4) is 0 Å². The molecule has 3 unspecified atom stereocenters. The second-order valence-electron chi connectivity index (χ2n) is 12.0. The highest BCUT2D eigenvalue weighted by Gasteiger charge is 2.27. The summed E-state index contributed by atoms with van der Waals surface area (Å²) in [5, 5.41) is 8.84. The Morgan fingerprint density at radius 2 is 1.21 bits per heavy atom. The van der Waals surface area contributed by atoms with Crippen molar-refractivity contribution in [3.63, 3.8) is 0 Å². The van der Waals surface area contributed by atoms with E-state index in [1.807, 2.05) is 0 Å². The van der Waals surface area contributed by atoms with E-state index in [1.165, 1.54) is 25.7 Å². The Morgan fingerprint density at radius 3 is 1.81 bits per heavy atom. The molecule has 0 aromatic rings. The van der Waals surface area contributed by atoms with E-state index in [4.69, 9.17) is 24.8 Å². The number of aliphatic carboxylic acids is 1. The number of nitrogens with two attached hydrogens (primary N) is 1. The minimum absolute atomic E-state index is 0.00361. The molecule has 0 aliphatic carbocycles. The normalized spacial score (nSPS) is 14.8. The molecule has 0 aromatic carbocycles. The lowest BCUT2D eigenvalue weighted by Crippen LogP contribution is -2.34. The minimum atomic E-state index is -4.61. The maximum Gasteiger partial charge on any atom is 0.472 e. The van der Waals surface area contributed by atoms with Crippen LogP contribution in [0.3, 0.4) is 0 Å². The van der Waals surface area contributed by atoms with Crippen LogP contribution in [0.4, 0.5) is 0 Å². The lowest BCUT2D eigenvalue weighted by atomic mass is 10.1. The topological polar surface area (TPSA) is 155 Å². The van der Waals surface area contributed by atoms with Crippen LogP contribution in [0.1, 0.15) is 136 Å². The lowest BCUT2D eigenvalue weighted by Gasteiger charge is -2.20. The number of carboxylic acids is 1. The van der Waals surface area contributed by atoms with Gasteiger partial charge in [-0.2, -0.15) is 0 Å². The van der Waals surface area contributed by atoms with E-state index in [-0.39, 0.29) is 13.0 Å². The average Bonchev–Trinajstić information content (AvgIpc) is 3.06. The number of hydrogen-bond acceptors (Lipinski definition) is 8. The van der Waals surface area contributed by atoms with E-state index in [0.717, 1.165) is 83.5 Å². The maximum absolute atomic E-state index is 12.5. The maximum atomic E-state index is 12.5. The number of allylic oxidation sites excluding steroid dienone is 8. The number of esters is 1. The Bertz CT molecular complexity index is 951. The molecule has 11 heteroatoms. The second-order valence-corrected chi connectivity index (χ2v) is 13.4. The average molecular weight is 700 g/mol. The molecule has 4 N–H and O–H groups in total. The van der Waals surface area contributed by atoms with Gasteiger partial charge >= 0.3 is 19.8 Å². The zero-order chi connectivity index (χ0) is 35.6. The van der Waals surface area contributed by atoms with Crippen molar-refractivity contribution in [3.05, 3.63) is 48.6 Å². The van der Waals surface area contributed by atoms with Crippen LogP contribution in [0.2, 0.25) is 0 Å². The smallest absolute Gasteiger partial charge is 0.472 e. The first-order chi connectivity index (χ1) is 23.2. The molecule has 278 valence electrons. The summed E-state index contributed by atoms with van der Waals surface area (Å²) in [7, 11) is -4.61. The quantitative estimate of drug-likeness (QED) is 0.0256. The molecular weight excluding hydrogens is 633 g/mol. The molecule has 0 aliphatic heterocycles. The van der Waals surface area contributed by atoms with Gasteiger partial charge in [-0.15, -0.1) is 0 Å². The highest BCUT2D eigenvalue weighted by atomic mass is 31.2. The summed E-state index contributed by atoms with van der Waals surface area (Å²) in [6.45, 7) is 3.66. The van der Waals surface area contributed by atoms with Gasteiger partial charge < -0.3 is 25.2 Å². The zero-order valence-electron chi connectivity index (χ0n) is 29.8. The van der Waals surface area contributed by atoms with Crippen molar-refractivity contribution in [1.29, 1.82) is 0 Å². The number of carbonyl (C=O) groups excluding carboxylic acids is 1. The Labute approximate surface area is 290 Å². The molecular formula is C37H66NO9P. The van der Waals surface area contributed by atoms with Crippen LogP contribution in [-0.4, -0.2) is 60.5 Å². The molecule has 48 heavy (non-hydrogen) atoms. The zero-order valence-corrected chi connectivity index (χ0v) is 30.7. The molecule has 10 nitrogen and oxygen atoms in total. The molecule has 0 saturated carbocycles. The lowest BCUT2D eigenvalue weighted by molar-refractivity contribution is -0.154. The van der Waals surface area contributed by atoms with Crippen LogP contribution in [0.5, 0.6) is 0 Å². The molecule has 0 radical (unpaired) electrons. The molecule has 3 atom stereocenters. The predicted molar refractivity (Wildman–Crippen MR) is 194 cm³/mol. The summed E-state index contributed by atoms with van der Waals surface area (Å²) >= 11 is 0. The Morgan fingerprint density at radius 1 is 0.688 bits per heavy atom. The molecule has 0 amide bonds. The van der Waals surface area contributed by atoms with Crippen LogP contribution in [0.25, 0.3) is 0 Å². The number of unbranched alkanes of at least 4 members (excludes halogenated alkanes) is 12. The molecule has 0 saturated heterocycles. The van der Waals surface area contributed by atoms with E-state index < -0.39 is 45.1 Å². The number of carbonyl (C=O) groups is 2. The molecule has 0 aromatic heterocycles. The van der Waals surface area contributed by atoms with Crippen molar-refractivity contribution < 1.29 is 42.7 Å². The van der Waals surface area contributed by atoms with Gasteiger partial charge in [0.05, 0.1) is 19.8 Å². The summed E-state index contributed by atoms with van der Waals surface area (Å²) in [6, 6.07) is -1.47. The first kappa shape index (κ1) is 45.9. The van der Waals surface area contributed by atoms with Gasteiger partial charge in [0.1, 0.15) is 12.1 Å². The molecule has 0 aliphatic rings. The van der Waals surface area contributed by atoms with Crippen LogP contribution >= 0.6 is 7.82 Å². The van der Waals surface area contributed by atoms with Crippen molar-refractivity contribution >= 4 is 19.8 Å². The van der Waals surface area contributed by atoms with E-state index in [0.29, 0.717) is 13.0 Å². The summed E-state index contributed by atoms with van der Waals surface area (Å²) in [4.78, 5) is 33.2. The van der Waals surface area contributed by atoms with Gasteiger partial charge in [-0.05, 0) is 51.4 Å². The second kappa shape index (κ2) is 33.4. The van der Waals surface area contributed by atoms with Gasteiger partial charge in [0.2, 0.25) is 0 Å². The largest absolute Gasteiger partial charge is 0.480 e. The van der Waals surface area contributed by atoms with Crippen molar-refractivity contribution in [2.75, 3.05) is 26.4 Å². The van der Waals surface area contributed by atoms with Crippen LogP contribution in [0.15, 0.2) is 48.6 Å². The summed E-state index contributed by atoms with van der Waals surface area (Å²) in [5.74, 6) is -1.80. The first-order valence-electron chi connectivity index (χ1n) is 18.2. The van der Waals surface area contributed by atoms with E-state index >= 15 is 0 Å². The monoisotopic (exact) mass is 699 g/mol. The van der Waals surface area contributed by atoms with Crippen LogP contribution in [-0.2, 0) is 32.7 Å². The third-order valence-electron chi connectivity index (χ3n) is 7.37. The van der Waals surface area contributed by atoms with Gasteiger partial charge in [0, 0.05) is 13.0 Å². The third-order valence-corrected chi connectivity index (χ3v) is 8.32. The number of phosphoric acid groups is 1.